The Morgan fingerprint density at radius 2 is 1.53 bits per heavy atom. The van der Waals surface area contributed by atoms with Crippen molar-refractivity contribution in [2.75, 3.05) is 6.61 Å². The van der Waals surface area contributed by atoms with E-state index in [1.807, 2.05) is 18.2 Å². The largest absolute Gasteiger partial charge is 0.466 e. The molecule has 2 aromatic carbocycles. The van der Waals surface area contributed by atoms with E-state index in [1.54, 1.807) is 24.3 Å². The van der Waals surface area contributed by atoms with Gasteiger partial charge in [-0.1, -0.05) is 90.1 Å². The van der Waals surface area contributed by atoms with E-state index in [4.69, 9.17) is 4.74 Å². The topological polar surface area (TPSA) is 60.4 Å². The van der Waals surface area contributed by atoms with Crippen molar-refractivity contribution in [3.8, 4) is 0 Å². The van der Waals surface area contributed by atoms with Crippen LogP contribution in [0.15, 0.2) is 42.5 Å². The predicted octanol–water partition coefficient (Wildman–Crippen LogP) is 7.06. The van der Waals surface area contributed by atoms with Crippen LogP contribution in [0.3, 0.4) is 0 Å². The van der Waals surface area contributed by atoms with Gasteiger partial charge in [0.05, 0.1) is 6.61 Å². The highest BCUT2D eigenvalue weighted by Gasteiger charge is 2.31. The van der Waals surface area contributed by atoms with Gasteiger partial charge in [-0.15, -0.1) is 0 Å². The lowest BCUT2D eigenvalue weighted by Crippen LogP contribution is -2.23. The summed E-state index contributed by atoms with van der Waals surface area (Å²) in [5.74, 6) is 0.0184. The number of ketones is 2. The second-order valence-corrected chi connectivity index (χ2v) is 10.3. The zero-order chi connectivity index (χ0) is 24.7. The minimum atomic E-state index is -0.144. The standard InChI is InChI=1S/C30H38O4/c1-5-6-7-10-18-34-27(31)19-21(2)12-11-17-30(3,4)22-15-16-25-26(20-22)29(33)24-14-9-8-13-23(24)28(25)32/h8-9,13-16,20-21H,5-7,10-12,17-19H2,1-4H3. The quantitative estimate of drug-likeness (QED) is 0.213. The van der Waals surface area contributed by atoms with E-state index in [9.17, 15) is 14.4 Å². The molecule has 0 spiro atoms. The lowest BCUT2D eigenvalue weighted by molar-refractivity contribution is -0.144. The van der Waals surface area contributed by atoms with Crippen LogP contribution in [0.5, 0.6) is 0 Å². The number of hydrogen-bond acceptors (Lipinski definition) is 4. The van der Waals surface area contributed by atoms with Gasteiger partial charge in [-0.3, -0.25) is 14.4 Å². The summed E-state index contributed by atoms with van der Waals surface area (Å²) in [6, 6.07) is 12.7. The first-order chi connectivity index (χ1) is 16.2. The van der Waals surface area contributed by atoms with E-state index in [0.717, 1.165) is 37.7 Å². The fourth-order valence-corrected chi connectivity index (χ4v) is 4.72. The first-order valence-electron chi connectivity index (χ1n) is 12.7. The van der Waals surface area contributed by atoms with Gasteiger partial charge in [0.2, 0.25) is 0 Å². The summed E-state index contributed by atoms with van der Waals surface area (Å²) in [5, 5.41) is 0. The Balaban J connectivity index is 1.54. The molecular weight excluding hydrogens is 424 g/mol. The van der Waals surface area contributed by atoms with Crippen molar-refractivity contribution in [2.45, 2.75) is 84.5 Å². The fourth-order valence-electron chi connectivity index (χ4n) is 4.72. The third-order valence-corrected chi connectivity index (χ3v) is 6.98. The number of fused-ring (bicyclic) bond motifs is 2. The van der Waals surface area contributed by atoms with Crippen molar-refractivity contribution < 1.29 is 19.1 Å². The lowest BCUT2D eigenvalue weighted by Gasteiger charge is -2.28. The fraction of sp³-hybridized carbons (Fsp3) is 0.500. The van der Waals surface area contributed by atoms with E-state index >= 15 is 0 Å². The van der Waals surface area contributed by atoms with E-state index < -0.39 is 0 Å². The molecule has 0 fully saturated rings. The molecule has 1 unspecified atom stereocenters. The highest BCUT2D eigenvalue weighted by molar-refractivity contribution is 6.28. The molecule has 1 atom stereocenters. The number of carbonyl (C=O) groups excluding carboxylic acids is 3. The van der Waals surface area contributed by atoms with Crippen molar-refractivity contribution in [1.29, 1.82) is 0 Å². The predicted molar refractivity (Wildman–Crippen MR) is 136 cm³/mol. The van der Waals surface area contributed by atoms with E-state index in [0.29, 0.717) is 35.3 Å². The maximum Gasteiger partial charge on any atom is 0.306 e. The van der Waals surface area contributed by atoms with E-state index in [2.05, 4.69) is 27.7 Å². The van der Waals surface area contributed by atoms with Crippen molar-refractivity contribution >= 4 is 17.5 Å². The summed E-state index contributed by atoms with van der Waals surface area (Å²) in [6.07, 6.45) is 7.74. The number of ether oxygens (including phenoxy) is 1. The molecule has 0 radical (unpaired) electrons. The zero-order valence-corrected chi connectivity index (χ0v) is 21.1. The van der Waals surface area contributed by atoms with Crippen LogP contribution in [0.2, 0.25) is 0 Å². The zero-order valence-electron chi connectivity index (χ0n) is 21.1. The maximum atomic E-state index is 13.1. The Morgan fingerprint density at radius 3 is 2.21 bits per heavy atom. The highest BCUT2D eigenvalue weighted by Crippen LogP contribution is 2.34. The van der Waals surface area contributed by atoms with Crippen LogP contribution in [0.25, 0.3) is 0 Å². The van der Waals surface area contributed by atoms with Crippen molar-refractivity contribution in [2.24, 2.45) is 5.92 Å². The Morgan fingerprint density at radius 1 is 0.882 bits per heavy atom. The van der Waals surface area contributed by atoms with E-state index in [-0.39, 0.29) is 28.9 Å². The summed E-state index contributed by atoms with van der Waals surface area (Å²) < 4.78 is 5.37. The van der Waals surface area contributed by atoms with Crippen LogP contribution < -0.4 is 0 Å². The van der Waals surface area contributed by atoms with Crippen LogP contribution in [0, 0.1) is 5.92 Å². The number of unbranched alkanes of at least 4 members (excludes halogenated alkanes) is 3. The molecule has 1 aliphatic carbocycles. The minimum Gasteiger partial charge on any atom is -0.466 e. The van der Waals surface area contributed by atoms with Crippen LogP contribution in [0.4, 0.5) is 0 Å². The number of hydrogen-bond donors (Lipinski definition) is 0. The second kappa shape index (κ2) is 11.6. The molecule has 1 aliphatic rings. The first-order valence-corrected chi connectivity index (χ1v) is 12.7. The SMILES string of the molecule is CCCCCCOC(=O)CC(C)CCCC(C)(C)c1ccc2c(c1)C(=O)c1ccccc1C2=O. The number of benzene rings is 2. The van der Waals surface area contributed by atoms with Gasteiger partial charge in [-0.05, 0) is 41.9 Å². The van der Waals surface area contributed by atoms with Gasteiger partial charge in [-0.2, -0.15) is 0 Å². The van der Waals surface area contributed by atoms with Crippen LogP contribution in [0.1, 0.15) is 116 Å². The van der Waals surface area contributed by atoms with Gasteiger partial charge in [0.25, 0.3) is 0 Å². The monoisotopic (exact) mass is 462 g/mol. The van der Waals surface area contributed by atoms with Gasteiger partial charge < -0.3 is 4.74 Å². The average Bonchev–Trinajstić information content (AvgIpc) is 2.82. The summed E-state index contributed by atoms with van der Waals surface area (Å²) >= 11 is 0. The van der Waals surface area contributed by atoms with Gasteiger partial charge >= 0.3 is 5.97 Å². The molecule has 0 N–H and O–H groups in total. The molecule has 34 heavy (non-hydrogen) atoms. The Bertz CT molecular complexity index is 1030. The Labute approximate surface area is 204 Å². The minimum absolute atomic E-state index is 0.0790. The van der Waals surface area contributed by atoms with Crippen LogP contribution >= 0.6 is 0 Å². The maximum absolute atomic E-state index is 13.1. The van der Waals surface area contributed by atoms with E-state index in [1.165, 1.54) is 12.8 Å². The molecule has 0 saturated carbocycles. The molecule has 0 aromatic heterocycles. The molecule has 4 nitrogen and oxygen atoms in total. The molecule has 0 bridgehead atoms. The summed E-state index contributed by atoms with van der Waals surface area (Å²) in [7, 11) is 0. The van der Waals surface area contributed by atoms with Crippen molar-refractivity contribution in [1.82, 2.24) is 0 Å². The third-order valence-electron chi connectivity index (χ3n) is 6.98. The smallest absolute Gasteiger partial charge is 0.306 e. The normalized spacial score (nSPS) is 13.9. The number of rotatable bonds is 12. The Hall–Kier alpha value is -2.75. The molecule has 0 amide bonds. The van der Waals surface area contributed by atoms with Gasteiger partial charge in [0.1, 0.15) is 0 Å². The molecule has 4 heteroatoms. The summed E-state index contributed by atoms with van der Waals surface area (Å²) in [4.78, 5) is 38.0. The molecule has 0 saturated heterocycles. The van der Waals surface area contributed by atoms with Crippen LogP contribution in [-0.2, 0) is 14.9 Å². The molecular formula is C30H38O4. The van der Waals surface area contributed by atoms with Crippen LogP contribution in [-0.4, -0.2) is 24.1 Å². The molecule has 2 aromatic rings. The highest BCUT2D eigenvalue weighted by atomic mass is 16.5. The lowest BCUT2D eigenvalue weighted by atomic mass is 9.76. The van der Waals surface area contributed by atoms with Gasteiger partial charge in [0, 0.05) is 28.7 Å². The summed E-state index contributed by atoms with van der Waals surface area (Å²) in [5.41, 5.74) is 2.89. The number of carbonyl (C=O) groups is 3. The first kappa shape index (κ1) is 25.9. The molecule has 0 aliphatic heterocycles. The average molecular weight is 463 g/mol. The number of esters is 1. The molecule has 3 rings (SSSR count). The Kier molecular flexibility index (Phi) is 8.82. The summed E-state index contributed by atoms with van der Waals surface area (Å²) in [6.45, 7) is 9.15. The third kappa shape index (κ3) is 6.22. The molecule has 0 heterocycles. The van der Waals surface area contributed by atoms with Gasteiger partial charge in [-0.25, -0.2) is 0 Å². The van der Waals surface area contributed by atoms with Gasteiger partial charge in [0.15, 0.2) is 11.6 Å². The van der Waals surface area contributed by atoms with Crippen molar-refractivity contribution in [3.63, 3.8) is 0 Å². The van der Waals surface area contributed by atoms with Crippen molar-refractivity contribution in [3.05, 3.63) is 70.3 Å². The second-order valence-electron chi connectivity index (χ2n) is 10.3. The molecule has 182 valence electrons.